The number of anilines is 2. The number of carbonyl (C=O) groups is 2. The third-order valence-electron chi connectivity index (χ3n) is 6.86. The van der Waals surface area contributed by atoms with Gasteiger partial charge < -0.3 is 10.0 Å². The number of piperazine rings is 1. The lowest BCUT2D eigenvalue weighted by atomic mass is 10.2. The Kier molecular flexibility index (Phi) is 10.7. The monoisotopic (exact) mass is 591 g/mol. The van der Waals surface area contributed by atoms with E-state index in [1.54, 1.807) is 24.0 Å². The molecule has 0 bridgehead atoms. The molecule has 1 amide bonds. The Morgan fingerprint density at radius 3 is 2.69 bits per heavy atom. The summed E-state index contributed by atoms with van der Waals surface area (Å²) in [5.74, 6) is 0.210. The summed E-state index contributed by atoms with van der Waals surface area (Å²) in [4.78, 5) is 45.1. The number of carboxylic acid groups (broad SMARTS) is 1. The second-order valence-corrected chi connectivity index (χ2v) is 11.9. The maximum absolute atomic E-state index is 13.0. The first-order chi connectivity index (χ1) is 18.8. The van der Waals surface area contributed by atoms with Gasteiger partial charge in [0.15, 0.2) is 5.13 Å². The summed E-state index contributed by atoms with van der Waals surface area (Å²) >= 11 is 9.11. The predicted molar refractivity (Wildman–Crippen MR) is 158 cm³/mol. The molecule has 0 radical (unpaired) electrons. The molecule has 2 saturated heterocycles. The van der Waals surface area contributed by atoms with Crippen LogP contribution in [0.25, 0.3) is 0 Å². The average Bonchev–Trinajstić information content (AvgIpc) is 3.52. The van der Waals surface area contributed by atoms with E-state index in [9.17, 15) is 9.59 Å². The van der Waals surface area contributed by atoms with Crippen LogP contribution in [0.2, 0.25) is 0 Å². The van der Waals surface area contributed by atoms with Gasteiger partial charge in [-0.25, -0.2) is 15.0 Å². The largest absolute Gasteiger partial charge is 0.481 e. The van der Waals surface area contributed by atoms with Gasteiger partial charge in [0.1, 0.15) is 11.5 Å². The normalized spacial score (nSPS) is 18.9. The summed E-state index contributed by atoms with van der Waals surface area (Å²) in [6, 6.07) is 0.530. The summed E-state index contributed by atoms with van der Waals surface area (Å²) in [6.45, 7) is 11.3. The van der Waals surface area contributed by atoms with Crippen LogP contribution in [0, 0.1) is 0 Å². The van der Waals surface area contributed by atoms with Crippen LogP contribution in [0.3, 0.4) is 0 Å². The van der Waals surface area contributed by atoms with Gasteiger partial charge in [0.2, 0.25) is 0 Å². The molecule has 2 fully saturated rings. The number of rotatable bonds is 12. The van der Waals surface area contributed by atoms with E-state index >= 15 is 0 Å². The number of amides is 1. The number of thiazole rings is 1. The Hall–Kier alpha value is -2.51. The zero-order valence-electron chi connectivity index (χ0n) is 22.0. The van der Waals surface area contributed by atoms with Crippen molar-refractivity contribution in [3.05, 3.63) is 51.8 Å². The number of nitrogens with one attached hydrogen (secondary N) is 1. The van der Waals surface area contributed by atoms with E-state index in [0.29, 0.717) is 34.3 Å². The number of likely N-dealkylation sites (tertiary alicyclic amines) is 1. The van der Waals surface area contributed by atoms with Crippen LogP contribution in [0.4, 0.5) is 10.9 Å². The van der Waals surface area contributed by atoms with Crippen LogP contribution in [-0.2, 0) is 17.1 Å². The smallest absolute Gasteiger partial charge is 0.304 e. The molecule has 0 spiro atoms. The van der Waals surface area contributed by atoms with Gasteiger partial charge in [-0.2, -0.15) is 0 Å². The van der Waals surface area contributed by atoms with Gasteiger partial charge in [0, 0.05) is 61.0 Å². The van der Waals surface area contributed by atoms with Crippen LogP contribution >= 0.6 is 34.7 Å². The highest BCUT2D eigenvalue weighted by molar-refractivity contribution is 8.01. The van der Waals surface area contributed by atoms with Crippen molar-refractivity contribution in [1.82, 2.24) is 24.8 Å². The molecule has 2 aliphatic heterocycles. The highest BCUT2D eigenvalue weighted by Gasteiger charge is 2.24. The van der Waals surface area contributed by atoms with Gasteiger partial charge in [0.25, 0.3) is 5.91 Å². The molecule has 0 aromatic carbocycles. The fourth-order valence-corrected chi connectivity index (χ4v) is 6.57. The van der Waals surface area contributed by atoms with Gasteiger partial charge in [-0.15, -0.1) is 23.1 Å². The summed E-state index contributed by atoms with van der Waals surface area (Å²) in [5, 5.41) is 14.8. The highest BCUT2D eigenvalue weighted by atomic mass is 35.5. The second kappa shape index (κ2) is 14.2. The van der Waals surface area contributed by atoms with Crippen molar-refractivity contribution in [3.63, 3.8) is 0 Å². The topological polar surface area (TPSA) is 115 Å². The van der Waals surface area contributed by atoms with Crippen molar-refractivity contribution in [2.75, 3.05) is 49.5 Å². The molecular weight excluding hydrogens is 558 g/mol. The predicted octanol–water partition coefficient (Wildman–Crippen LogP) is 4.27. The van der Waals surface area contributed by atoms with Crippen molar-refractivity contribution in [1.29, 1.82) is 0 Å². The number of halogens is 1. The number of allylic oxidation sites excluding steroid dienone is 2. The Morgan fingerprint density at radius 1 is 1.26 bits per heavy atom. The molecule has 2 N–H and O–H groups in total. The number of carboxylic acids is 1. The number of aromatic nitrogens is 3. The van der Waals surface area contributed by atoms with Crippen LogP contribution < -0.4 is 10.2 Å². The quantitative estimate of drug-likeness (QED) is 0.347. The summed E-state index contributed by atoms with van der Waals surface area (Å²) in [6.07, 6.45) is 7.23. The number of carbonyl (C=O) groups excluding carboxylic acids is 1. The third kappa shape index (κ3) is 8.49. The molecule has 0 aliphatic carbocycles. The molecule has 210 valence electrons. The van der Waals surface area contributed by atoms with Crippen LogP contribution in [0.15, 0.2) is 35.5 Å². The van der Waals surface area contributed by atoms with E-state index in [1.165, 1.54) is 30.4 Å². The first kappa shape index (κ1) is 29.5. The van der Waals surface area contributed by atoms with Gasteiger partial charge in [-0.1, -0.05) is 24.3 Å². The minimum absolute atomic E-state index is 0.141. The fraction of sp³-hybridized carbons (Fsp3) is 0.500. The molecule has 4 heterocycles. The fourth-order valence-electron chi connectivity index (χ4n) is 4.55. The summed E-state index contributed by atoms with van der Waals surface area (Å²) in [7, 11) is 0. The maximum atomic E-state index is 13.0. The number of hydrogen-bond donors (Lipinski definition) is 2. The van der Waals surface area contributed by atoms with Crippen molar-refractivity contribution in [2.45, 2.75) is 44.5 Å². The Labute approximate surface area is 242 Å². The molecule has 13 heteroatoms. The summed E-state index contributed by atoms with van der Waals surface area (Å²) in [5.41, 5.74) is 1.16. The zero-order valence-corrected chi connectivity index (χ0v) is 24.4. The molecule has 4 rings (SSSR count). The van der Waals surface area contributed by atoms with E-state index in [4.69, 9.17) is 21.7 Å². The molecular formula is C26H34ClN7O3S2. The Morgan fingerprint density at radius 2 is 2.05 bits per heavy atom. The molecule has 2 aromatic heterocycles. The van der Waals surface area contributed by atoms with E-state index in [1.807, 2.05) is 5.41 Å². The summed E-state index contributed by atoms with van der Waals surface area (Å²) < 4.78 is 0. The van der Waals surface area contributed by atoms with E-state index in [0.717, 1.165) is 49.8 Å². The van der Waals surface area contributed by atoms with Crippen molar-refractivity contribution < 1.29 is 14.7 Å². The SMILES string of the molecule is C=C/C(Cl)=C\SCc1nc(NC(=O)c2cnc(N3CCN(CCC(=O)O)CC3)cn2)sc1CN1CCCC1C. The van der Waals surface area contributed by atoms with Gasteiger partial charge in [-0.3, -0.25) is 24.7 Å². The lowest BCUT2D eigenvalue weighted by Crippen LogP contribution is -2.47. The first-order valence-corrected chi connectivity index (χ1v) is 15.2. The molecule has 2 aromatic rings. The minimum atomic E-state index is -0.784. The first-order valence-electron chi connectivity index (χ1n) is 13.0. The maximum Gasteiger partial charge on any atom is 0.304 e. The molecule has 39 heavy (non-hydrogen) atoms. The lowest BCUT2D eigenvalue weighted by Gasteiger charge is -2.34. The Bertz CT molecular complexity index is 1180. The van der Waals surface area contributed by atoms with E-state index < -0.39 is 5.97 Å². The average molecular weight is 592 g/mol. The van der Waals surface area contributed by atoms with Gasteiger partial charge in [0.05, 0.1) is 24.5 Å². The molecule has 10 nitrogen and oxygen atoms in total. The third-order valence-corrected chi connectivity index (χ3v) is 9.11. The van der Waals surface area contributed by atoms with Gasteiger partial charge in [-0.05, 0) is 31.7 Å². The van der Waals surface area contributed by atoms with Crippen molar-refractivity contribution in [3.8, 4) is 0 Å². The molecule has 0 saturated carbocycles. The van der Waals surface area contributed by atoms with Crippen LogP contribution in [-0.4, -0.2) is 87.0 Å². The van der Waals surface area contributed by atoms with E-state index in [-0.39, 0.29) is 18.0 Å². The lowest BCUT2D eigenvalue weighted by molar-refractivity contribution is -0.137. The molecule has 1 unspecified atom stereocenters. The number of thioether (sulfide) groups is 1. The van der Waals surface area contributed by atoms with Crippen LogP contribution in [0.5, 0.6) is 0 Å². The molecule has 2 aliphatic rings. The van der Waals surface area contributed by atoms with E-state index in [2.05, 4.69) is 43.5 Å². The highest BCUT2D eigenvalue weighted by Crippen LogP contribution is 2.31. The Balaban J connectivity index is 1.37. The standard InChI is InChI=1S/C26H34ClN7O3S2/c1-3-19(27)16-38-17-21-22(15-34-7-4-5-18(34)2)39-26(30-21)31-25(37)20-13-29-23(14-28-20)33-11-9-32(10-12-33)8-6-24(35)36/h3,13-14,16,18H,1,4-12,15,17H2,2H3,(H,35,36)(H,30,31,37)/b19-16+. The van der Waals surface area contributed by atoms with Crippen molar-refractivity contribution >= 4 is 57.5 Å². The van der Waals surface area contributed by atoms with Crippen molar-refractivity contribution in [2.24, 2.45) is 0 Å². The number of nitrogens with zero attached hydrogens (tertiary/aromatic N) is 6. The second-order valence-electron chi connectivity index (χ2n) is 9.55. The molecule has 1 atom stereocenters. The number of hydrogen-bond acceptors (Lipinski definition) is 10. The zero-order chi connectivity index (χ0) is 27.8. The minimum Gasteiger partial charge on any atom is -0.481 e. The van der Waals surface area contributed by atoms with Crippen LogP contribution in [0.1, 0.15) is 47.2 Å². The van der Waals surface area contributed by atoms with Gasteiger partial charge >= 0.3 is 5.97 Å². The number of aliphatic carboxylic acids is 1.